The summed E-state index contributed by atoms with van der Waals surface area (Å²) < 4.78 is 0. The molecule has 168 valence electrons. The second-order valence-corrected chi connectivity index (χ2v) is 9.60. The minimum atomic E-state index is -0.173. The first-order chi connectivity index (χ1) is 14.9. The van der Waals surface area contributed by atoms with Gasteiger partial charge >= 0.3 is 0 Å². The van der Waals surface area contributed by atoms with Gasteiger partial charge in [-0.2, -0.15) is 0 Å². The molecule has 6 nitrogen and oxygen atoms in total. The van der Waals surface area contributed by atoms with Crippen molar-refractivity contribution in [2.75, 3.05) is 39.3 Å². The number of benzene rings is 1. The molecular weight excluding hydrogens is 390 g/mol. The Hall–Kier alpha value is -2.37. The summed E-state index contributed by atoms with van der Waals surface area (Å²) in [7, 11) is 0. The molecule has 3 amide bonds. The van der Waals surface area contributed by atoms with Gasteiger partial charge in [0.25, 0.3) is 0 Å². The number of hydrogen-bond donors (Lipinski definition) is 0. The molecular formula is C25H35N3O3. The largest absolute Gasteiger partial charge is 0.341 e. The lowest BCUT2D eigenvalue weighted by Gasteiger charge is -2.42. The maximum Gasteiger partial charge on any atom is 0.227 e. The minimum Gasteiger partial charge on any atom is -0.341 e. The van der Waals surface area contributed by atoms with Crippen LogP contribution in [0, 0.1) is 18.8 Å². The molecule has 0 spiro atoms. The summed E-state index contributed by atoms with van der Waals surface area (Å²) in [6.45, 7) is 7.27. The molecule has 3 fully saturated rings. The summed E-state index contributed by atoms with van der Waals surface area (Å²) in [5.74, 6) is 0.600. The topological polar surface area (TPSA) is 60.9 Å². The van der Waals surface area contributed by atoms with E-state index in [-0.39, 0.29) is 35.5 Å². The molecule has 1 aliphatic carbocycles. The molecule has 0 radical (unpaired) electrons. The van der Waals surface area contributed by atoms with E-state index < -0.39 is 0 Å². The van der Waals surface area contributed by atoms with E-state index in [1.54, 1.807) is 11.8 Å². The van der Waals surface area contributed by atoms with E-state index in [0.717, 1.165) is 32.1 Å². The summed E-state index contributed by atoms with van der Waals surface area (Å²) in [6, 6.07) is 8.49. The predicted molar refractivity (Wildman–Crippen MR) is 119 cm³/mol. The number of piperazine rings is 1. The monoisotopic (exact) mass is 425 g/mol. The van der Waals surface area contributed by atoms with Crippen LogP contribution in [0.4, 0.5) is 0 Å². The fraction of sp³-hybridized carbons (Fsp3) is 0.640. The van der Waals surface area contributed by atoms with Crippen molar-refractivity contribution in [3.8, 4) is 0 Å². The lowest BCUT2D eigenvalue weighted by atomic mass is 9.82. The highest BCUT2D eigenvalue weighted by Gasteiger charge is 2.39. The van der Waals surface area contributed by atoms with Gasteiger partial charge in [-0.3, -0.25) is 14.4 Å². The predicted octanol–water partition coefficient (Wildman–Crippen LogP) is 2.81. The maximum atomic E-state index is 13.4. The van der Waals surface area contributed by atoms with Crippen LogP contribution < -0.4 is 0 Å². The molecule has 1 aromatic rings. The zero-order chi connectivity index (χ0) is 22.0. The quantitative estimate of drug-likeness (QED) is 0.748. The Morgan fingerprint density at radius 1 is 0.839 bits per heavy atom. The molecule has 2 unspecified atom stereocenters. The van der Waals surface area contributed by atoms with Gasteiger partial charge < -0.3 is 14.7 Å². The summed E-state index contributed by atoms with van der Waals surface area (Å²) >= 11 is 0. The number of aryl methyl sites for hydroxylation is 1. The lowest BCUT2D eigenvalue weighted by Crippen LogP contribution is -2.55. The van der Waals surface area contributed by atoms with E-state index in [4.69, 9.17) is 0 Å². The number of likely N-dealkylation sites (tertiary alicyclic amines) is 1. The Morgan fingerprint density at radius 2 is 1.48 bits per heavy atom. The molecule has 4 rings (SSSR count). The van der Waals surface area contributed by atoms with E-state index in [1.807, 2.05) is 9.80 Å². The van der Waals surface area contributed by atoms with Crippen molar-refractivity contribution >= 4 is 17.7 Å². The summed E-state index contributed by atoms with van der Waals surface area (Å²) in [5, 5.41) is 0. The molecule has 0 bridgehead atoms. The van der Waals surface area contributed by atoms with Gasteiger partial charge in [0.15, 0.2) is 0 Å². The number of amides is 3. The van der Waals surface area contributed by atoms with Crippen molar-refractivity contribution in [2.45, 2.75) is 51.9 Å². The second kappa shape index (κ2) is 9.41. The molecule has 2 saturated heterocycles. The van der Waals surface area contributed by atoms with Crippen LogP contribution in [-0.2, 0) is 14.4 Å². The van der Waals surface area contributed by atoms with Crippen LogP contribution in [0.2, 0.25) is 0 Å². The molecule has 6 heteroatoms. The highest BCUT2D eigenvalue weighted by atomic mass is 16.2. The number of carbonyl (C=O) groups excluding carboxylic acids is 3. The van der Waals surface area contributed by atoms with Gasteiger partial charge in [-0.05, 0) is 31.7 Å². The zero-order valence-corrected chi connectivity index (χ0v) is 18.9. The fourth-order valence-corrected chi connectivity index (χ4v) is 5.55. The minimum absolute atomic E-state index is 0.0672. The highest BCUT2D eigenvalue weighted by Crippen LogP contribution is 2.35. The molecule has 1 aromatic carbocycles. The van der Waals surface area contributed by atoms with Crippen LogP contribution in [0.5, 0.6) is 0 Å². The molecule has 1 saturated carbocycles. The molecule has 2 aliphatic heterocycles. The summed E-state index contributed by atoms with van der Waals surface area (Å²) in [6.07, 6.45) is 5.01. The van der Waals surface area contributed by atoms with Crippen molar-refractivity contribution in [3.63, 3.8) is 0 Å². The van der Waals surface area contributed by atoms with Crippen molar-refractivity contribution in [1.29, 1.82) is 0 Å². The van der Waals surface area contributed by atoms with Crippen molar-refractivity contribution in [2.24, 2.45) is 11.8 Å². The van der Waals surface area contributed by atoms with Crippen LogP contribution in [0.1, 0.15) is 56.1 Å². The molecule has 0 aromatic heterocycles. The van der Waals surface area contributed by atoms with Gasteiger partial charge in [-0.15, -0.1) is 0 Å². The van der Waals surface area contributed by atoms with E-state index in [0.29, 0.717) is 39.3 Å². The number of piperidine rings is 1. The van der Waals surface area contributed by atoms with Gasteiger partial charge in [0.2, 0.25) is 17.7 Å². The Kier molecular flexibility index (Phi) is 6.63. The fourth-order valence-electron chi connectivity index (χ4n) is 5.55. The summed E-state index contributed by atoms with van der Waals surface area (Å²) in [4.78, 5) is 44.0. The molecule has 31 heavy (non-hydrogen) atoms. The Bertz CT molecular complexity index is 825. The number of nitrogens with zero attached hydrogens (tertiary/aromatic N) is 3. The van der Waals surface area contributed by atoms with E-state index in [9.17, 15) is 14.4 Å². The average molecular weight is 426 g/mol. The van der Waals surface area contributed by atoms with E-state index in [1.165, 1.54) is 11.1 Å². The van der Waals surface area contributed by atoms with Crippen molar-refractivity contribution < 1.29 is 14.4 Å². The van der Waals surface area contributed by atoms with Gasteiger partial charge in [-0.1, -0.05) is 42.7 Å². The van der Waals surface area contributed by atoms with Gasteiger partial charge in [0.05, 0.1) is 5.92 Å². The van der Waals surface area contributed by atoms with Crippen LogP contribution in [-0.4, -0.2) is 71.7 Å². The van der Waals surface area contributed by atoms with Gasteiger partial charge in [0, 0.05) is 58.0 Å². The standard InChI is InChI=1S/C25H35N3O3/c1-18-6-5-9-21(14-18)22-15-23(17-28(16-22)24(30)20-7-3-4-8-20)25(31)27-12-10-26(11-13-27)19(2)29/h5-6,9,14,20,22-23H,3-4,7-8,10-13,15-17H2,1-2H3. The zero-order valence-electron chi connectivity index (χ0n) is 18.9. The number of hydrogen-bond acceptors (Lipinski definition) is 3. The number of carbonyl (C=O) groups is 3. The molecule has 0 N–H and O–H groups in total. The Morgan fingerprint density at radius 3 is 2.13 bits per heavy atom. The third-order valence-corrected chi connectivity index (χ3v) is 7.37. The Labute approximate surface area is 185 Å². The van der Waals surface area contributed by atoms with Crippen LogP contribution in [0.25, 0.3) is 0 Å². The third kappa shape index (κ3) is 4.94. The smallest absolute Gasteiger partial charge is 0.227 e. The van der Waals surface area contributed by atoms with Crippen LogP contribution in [0.15, 0.2) is 24.3 Å². The third-order valence-electron chi connectivity index (χ3n) is 7.37. The number of rotatable bonds is 3. The highest BCUT2D eigenvalue weighted by molar-refractivity contribution is 5.83. The summed E-state index contributed by atoms with van der Waals surface area (Å²) in [5.41, 5.74) is 2.43. The lowest BCUT2D eigenvalue weighted by molar-refractivity contribution is -0.146. The van der Waals surface area contributed by atoms with E-state index in [2.05, 4.69) is 31.2 Å². The first-order valence-electron chi connectivity index (χ1n) is 11.8. The maximum absolute atomic E-state index is 13.4. The van der Waals surface area contributed by atoms with E-state index >= 15 is 0 Å². The van der Waals surface area contributed by atoms with Crippen molar-refractivity contribution in [3.05, 3.63) is 35.4 Å². The Balaban J connectivity index is 1.50. The van der Waals surface area contributed by atoms with Crippen molar-refractivity contribution in [1.82, 2.24) is 14.7 Å². The normalized spacial score (nSPS) is 25.0. The average Bonchev–Trinajstić information content (AvgIpc) is 3.33. The molecule has 2 atom stereocenters. The van der Waals surface area contributed by atoms with Gasteiger partial charge in [0.1, 0.15) is 0 Å². The van der Waals surface area contributed by atoms with Crippen LogP contribution in [0.3, 0.4) is 0 Å². The second-order valence-electron chi connectivity index (χ2n) is 9.60. The molecule has 3 aliphatic rings. The SMILES string of the molecule is CC(=O)N1CCN(C(=O)C2CC(c3cccc(C)c3)CN(C(=O)C3CCCC3)C2)CC1. The van der Waals surface area contributed by atoms with Crippen LogP contribution >= 0.6 is 0 Å². The molecule has 2 heterocycles. The first kappa shape index (κ1) is 21.8. The van der Waals surface area contributed by atoms with Gasteiger partial charge in [-0.25, -0.2) is 0 Å². The first-order valence-corrected chi connectivity index (χ1v) is 11.8.